The van der Waals surface area contributed by atoms with Gasteiger partial charge in [-0.15, -0.1) is 0 Å². The summed E-state index contributed by atoms with van der Waals surface area (Å²) in [5.74, 6) is 0.927. The van der Waals surface area contributed by atoms with Crippen LogP contribution in [0.15, 0.2) is 66.9 Å². The quantitative estimate of drug-likeness (QED) is 0.421. The zero-order valence-electron chi connectivity index (χ0n) is 17.1. The van der Waals surface area contributed by atoms with Gasteiger partial charge in [0.2, 0.25) is 0 Å². The van der Waals surface area contributed by atoms with Crippen molar-refractivity contribution >= 4 is 23.1 Å². The highest BCUT2D eigenvalue weighted by Gasteiger charge is 2.21. The average Bonchev–Trinajstić information content (AvgIpc) is 3.13. The van der Waals surface area contributed by atoms with E-state index in [9.17, 15) is 0 Å². The molecule has 0 aliphatic rings. The molecule has 2 heterocycles. The minimum Gasteiger partial charge on any atom is -0.363 e. The highest BCUT2D eigenvalue weighted by atomic mass is 35.5. The minimum absolute atomic E-state index is 0.0876. The highest BCUT2D eigenvalue weighted by Crippen LogP contribution is 2.31. The number of rotatable bonds is 4. The molecule has 4 nitrogen and oxygen atoms in total. The fourth-order valence-corrected chi connectivity index (χ4v) is 3.46. The van der Waals surface area contributed by atoms with E-state index >= 15 is 0 Å². The van der Waals surface area contributed by atoms with Crippen LogP contribution in [0.25, 0.3) is 16.8 Å². The fraction of sp³-hybridized carbons (Fsp3) is 0.250. The molecule has 1 atom stereocenters. The normalized spacial score (nSPS) is 12.9. The molecule has 0 saturated heterocycles. The number of fused-ring (bicyclic) bond motifs is 1. The van der Waals surface area contributed by atoms with E-state index in [0.29, 0.717) is 5.02 Å². The zero-order valence-corrected chi connectivity index (χ0v) is 17.9. The first-order chi connectivity index (χ1) is 13.8. The van der Waals surface area contributed by atoms with Crippen molar-refractivity contribution in [3.8, 4) is 11.1 Å². The molecular weight excluding hydrogens is 380 g/mol. The van der Waals surface area contributed by atoms with Crippen LogP contribution in [0.5, 0.6) is 0 Å². The van der Waals surface area contributed by atoms with E-state index in [0.717, 1.165) is 28.3 Å². The van der Waals surface area contributed by atoms with Crippen molar-refractivity contribution in [1.29, 1.82) is 0 Å². The largest absolute Gasteiger partial charge is 0.363 e. The van der Waals surface area contributed by atoms with Gasteiger partial charge >= 0.3 is 0 Å². The maximum atomic E-state index is 6.07. The first kappa shape index (κ1) is 19.5. The molecule has 0 spiro atoms. The van der Waals surface area contributed by atoms with E-state index < -0.39 is 0 Å². The van der Waals surface area contributed by atoms with Gasteiger partial charge in [-0.25, -0.2) is 4.98 Å². The summed E-state index contributed by atoms with van der Waals surface area (Å²) in [6.07, 6.45) is 1.87. The van der Waals surface area contributed by atoms with E-state index in [1.807, 2.05) is 41.0 Å². The second-order valence-electron chi connectivity index (χ2n) is 8.35. The summed E-state index contributed by atoms with van der Waals surface area (Å²) in [6, 6.07) is 20.4. The van der Waals surface area contributed by atoms with Crippen LogP contribution < -0.4 is 5.32 Å². The van der Waals surface area contributed by atoms with Crippen LogP contribution in [-0.2, 0) is 5.41 Å². The van der Waals surface area contributed by atoms with Crippen LogP contribution in [0.3, 0.4) is 0 Å². The number of nitrogens with one attached hydrogen (secondary N) is 1. The van der Waals surface area contributed by atoms with E-state index in [2.05, 4.69) is 68.4 Å². The lowest BCUT2D eigenvalue weighted by Gasteiger charge is -2.22. The molecule has 0 bridgehead atoms. The van der Waals surface area contributed by atoms with Crippen LogP contribution >= 0.6 is 11.6 Å². The fourth-order valence-electron chi connectivity index (χ4n) is 3.33. The summed E-state index contributed by atoms with van der Waals surface area (Å²) in [5.41, 5.74) is 5.02. The Morgan fingerprint density at radius 2 is 1.69 bits per heavy atom. The first-order valence-corrected chi connectivity index (χ1v) is 10.2. The Balaban J connectivity index is 1.84. The highest BCUT2D eigenvalue weighted by molar-refractivity contribution is 6.30. The lowest BCUT2D eigenvalue weighted by atomic mass is 9.92. The van der Waals surface area contributed by atoms with Crippen LogP contribution in [0.1, 0.15) is 45.0 Å². The number of anilines is 1. The molecule has 148 valence electrons. The minimum atomic E-state index is -0.0876. The number of hydrogen-bond donors (Lipinski definition) is 1. The lowest BCUT2D eigenvalue weighted by Crippen LogP contribution is -2.17. The molecule has 1 unspecified atom stereocenters. The zero-order chi connectivity index (χ0) is 20.6. The van der Waals surface area contributed by atoms with Gasteiger partial charge in [-0.1, -0.05) is 74.8 Å². The average molecular weight is 405 g/mol. The number of aromatic nitrogens is 3. The summed E-state index contributed by atoms with van der Waals surface area (Å²) in [7, 11) is 0. The standard InChI is InChI=1S/C24H25ClN4/c1-16(17-8-6-5-7-9-17)27-22-14-21(24(2,3)4)28-23-20(15-26-29(22)23)18-10-12-19(25)13-11-18/h5-16,27H,1-4H3. The summed E-state index contributed by atoms with van der Waals surface area (Å²) < 4.78 is 1.89. The Morgan fingerprint density at radius 1 is 1.00 bits per heavy atom. The number of nitrogens with zero attached hydrogens (tertiary/aromatic N) is 3. The third-order valence-corrected chi connectivity index (χ3v) is 5.31. The van der Waals surface area contributed by atoms with Gasteiger partial charge in [-0.3, -0.25) is 0 Å². The summed E-state index contributed by atoms with van der Waals surface area (Å²) in [5, 5.41) is 8.99. The maximum absolute atomic E-state index is 6.07. The number of benzene rings is 2. The molecule has 5 heteroatoms. The Labute approximate surface area is 176 Å². The molecule has 0 radical (unpaired) electrons. The summed E-state index contributed by atoms with van der Waals surface area (Å²) in [4.78, 5) is 4.97. The predicted octanol–water partition coefficient (Wildman–Crippen LogP) is 6.52. The monoisotopic (exact) mass is 404 g/mol. The van der Waals surface area contributed by atoms with Gasteiger partial charge < -0.3 is 5.32 Å². The van der Waals surface area contributed by atoms with E-state index in [4.69, 9.17) is 16.6 Å². The molecule has 0 amide bonds. The van der Waals surface area contributed by atoms with Crippen molar-refractivity contribution in [2.75, 3.05) is 5.32 Å². The third kappa shape index (κ3) is 3.99. The van der Waals surface area contributed by atoms with Crippen LogP contribution in [0.4, 0.5) is 5.82 Å². The van der Waals surface area contributed by atoms with Crippen LogP contribution in [0.2, 0.25) is 5.02 Å². The molecule has 2 aromatic heterocycles. The first-order valence-electron chi connectivity index (χ1n) is 9.79. The van der Waals surface area contributed by atoms with Gasteiger partial charge in [0.15, 0.2) is 5.65 Å². The molecule has 29 heavy (non-hydrogen) atoms. The van der Waals surface area contributed by atoms with E-state index in [1.54, 1.807) is 0 Å². The number of halogens is 1. The van der Waals surface area contributed by atoms with E-state index in [1.165, 1.54) is 5.56 Å². The third-order valence-electron chi connectivity index (χ3n) is 5.06. The van der Waals surface area contributed by atoms with Crippen molar-refractivity contribution in [2.45, 2.75) is 39.2 Å². The van der Waals surface area contributed by atoms with Gasteiger partial charge in [0, 0.05) is 28.1 Å². The second kappa shape index (κ2) is 7.53. The van der Waals surface area contributed by atoms with Gasteiger partial charge in [0.05, 0.1) is 11.9 Å². The Hall–Kier alpha value is -2.85. The molecule has 0 aliphatic carbocycles. The van der Waals surface area contributed by atoms with Gasteiger partial charge in [-0.05, 0) is 30.2 Å². The SMILES string of the molecule is CC(Nc1cc(C(C)(C)C)nc2c(-c3ccc(Cl)cc3)cnn12)c1ccccc1. The Morgan fingerprint density at radius 3 is 2.34 bits per heavy atom. The second-order valence-corrected chi connectivity index (χ2v) is 8.79. The van der Waals surface area contributed by atoms with Crippen LogP contribution in [0, 0.1) is 0 Å². The topological polar surface area (TPSA) is 42.2 Å². The summed E-state index contributed by atoms with van der Waals surface area (Å²) >= 11 is 6.07. The molecule has 0 aliphatic heterocycles. The summed E-state index contributed by atoms with van der Waals surface area (Å²) in [6.45, 7) is 8.68. The molecule has 0 fully saturated rings. The van der Waals surface area contributed by atoms with Crippen molar-refractivity contribution in [3.05, 3.63) is 83.1 Å². The lowest BCUT2D eigenvalue weighted by molar-refractivity contribution is 0.568. The van der Waals surface area contributed by atoms with Crippen molar-refractivity contribution in [1.82, 2.24) is 14.6 Å². The Bertz CT molecular complexity index is 1130. The molecular formula is C24H25ClN4. The van der Waals surface area contributed by atoms with Crippen molar-refractivity contribution in [2.24, 2.45) is 0 Å². The predicted molar refractivity (Wildman–Crippen MR) is 121 cm³/mol. The van der Waals surface area contributed by atoms with Gasteiger partial charge in [0.25, 0.3) is 0 Å². The maximum Gasteiger partial charge on any atom is 0.165 e. The molecule has 4 aromatic rings. The van der Waals surface area contributed by atoms with Gasteiger partial charge in [-0.2, -0.15) is 9.61 Å². The van der Waals surface area contributed by atoms with Crippen molar-refractivity contribution in [3.63, 3.8) is 0 Å². The molecule has 2 aromatic carbocycles. The smallest absolute Gasteiger partial charge is 0.165 e. The molecule has 4 rings (SSSR count). The Kier molecular flexibility index (Phi) is 5.05. The number of hydrogen-bond acceptors (Lipinski definition) is 3. The van der Waals surface area contributed by atoms with E-state index in [-0.39, 0.29) is 11.5 Å². The molecule has 1 N–H and O–H groups in total. The van der Waals surface area contributed by atoms with Crippen molar-refractivity contribution < 1.29 is 0 Å². The van der Waals surface area contributed by atoms with Crippen LogP contribution in [-0.4, -0.2) is 14.6 Å². The van der Waals surface area contributed by atoms with Gasteiger partial charge in [0.1, 0.15) is 5.82 Å². The molecule has 0 saturated carbocycles.